The molecule has 3 aliphatic heterocycles. The van der Waals surface area contributed by atoms with Crippen LogP contribution in [0.1, 0.15) is 85.2 Å². The largest absolute Gasteiger partial charge is 0.492 e. The van der Waals surface area contributed by atoms with Crippen LogP contribution in [0.25, 0.3) is 0 Å². The minimum Gasteiger partial charge on any atom is -0.481 e. The molecule has 0 radical (unpaired) electrons. The molecule has 0 aromatic heterocycles. The predicted molar refractivity (Wildman–Crippen MR) is 181 cm³/mol. The van der Waals surface area contributed by atoms with Crippen molar-refractivity contribution >= 4 is 60.7 Å². The number of nitrogens with zero attached hydrogens (tertiary/aromatic N) is 1. The molecule has 2 aromatic rings. The number of carboxylic acid groups (broad SMARTS) is 2. The van der Waals surface area contributed by atoms with Crippen molar-refractivity contribution in [3.63, 3.8) is 0 Å². The molecule has 0 saturated carbocycles. The van der Waals surface area contributed by atoms with Crippen LogP contribution in [0.4, 0.5) is 0 Å². The molecule has 0 bridgehead atoms. The van der Waals surface area contributed by atoms with Gasteiger partial charge in [-0.3, -0.25) is 24.0 Å². The van der Waals surface area contributed by atoms with E-state index in [9.17, 15) is 43.9 Å². The Morgan fingerprint density at radius 2 is 1.25 bits per heavy atom. The number of fused-ring (bicyclic) bond motifs is 2. The van der Waals surface area contributed by atoms with Crippen molar-refractivity contribution in [2.24, 2.45) is 0 Å². The molecule has 1 fully saturated rings. The van der Waals surface area contributed by atoms with Crippen LogP contribution in [0, 0.1) is 0 Å². The third-order valence-electron chi connectivity index (χ3n) is 9.46. The summed E-state index contributed by atoms with van der Waals surface area (Å²) >= 11 is 0. The number of amides is 4. The van der Waals surface area contributed by atoms with Crippen molar-refractivity contribution in [2.45, 2.75) is 82.7 Å². The lowest BCUT2D eigenvalue weighted by molar-refractivity contribution is -0.143. The summed E-state index contributed by atoms with van der Waals surface area (Å²) in [5.41, 5.74) is 0.447. The summed E-state index contributed by atoms with van der Waals surface area (Å²) in [4.78, 5) is 77.1. The smallest absolute Gasteiger partial charge is 0.481 e. The number of likely N-dealkylation sites (tertiary alicyclic amines) is 1. The Kier molecular flexibility index (Phi) is 10.6. The number of hydrogen-bond donors (Lipinski definition) is 7. The molecule has 3 aliphatic rings. The highest BCUT2D eigenvalue weighted by Gasteiger charge is 2.46. The van der Waals surface area contributed by atoms with Gasteiger partial charge in [-0.2, -0.15) is 0 Å². The summed E-state index contributed by atoms with van der Waals surface area (Å²) in [6.07, 6.45) is -1.55. The summed E-state index contributed by atoms with van der Waals surface area (Å²) in [5, 5.41) is 47.5. The number of hydrogen-bond acceptors (Lipinski definition) is 10. The molecule has 3 heterocycles. The van der Waals surface area contributed by atoms with Gasteiger partial charge in [0.25, 0.3) is 11.8 Å². The number of carboxylic acids is 2. The van der Waals surface area contributed by atoms with Crippen molar-refractivity contribution < 1.29 is 58.3 Å². The Hall–Kier alpha value is -4.77. The number of carbonyl (C=O) groups is 6. The predicted octanol–water partition coefficient (Wildman–Crippen LogP) is -1.45. The molecule has 4 amide bonds. The summed E-state index contributed by atoms with van der Waals surface area (Å²) in [6.45, 7) is 6.90. The van der Waals surface area contributed by atoms with Crippen LogP contribution in [0.2, 0.25) is 0 Å². The van der Waals surface area contributed by atoms with E-state index in [0.29, 0.717) is 22.1 Å². The number of aliphatic carboxylic acids is 2. The third kappa shape index (κ3) is 7.93. The van der Waals surface area contributed by atoms with Crippen LogP contribution in [0.5, 0.6) is 0 Å². The van der Waals surface area contributed by atoms with Gasteiger partial charge in [-0.05, 0) is 57.4 Å². The van der Waals surface area contributed by atoms with E-state index >= 15 is 0 Å². The highest BCUT2D eigenvalue weighted by atomic mass is 16.5. The van der Waals surface area contributed by atoms with Crippen LogP contribution in [0.15, 0.2) is 36.4 Å². The number of nitrogens with one attached hydrogen (secondary N) is 3. The van der Waals surface area contributed by atoms with E-state index in [1.807, 2.05) is 0 Å². The molecule has 7 N–H and O–H groups in total. The molecule has 0 spiro atoms. The Bertz CT molecular complexity index is 1680. The van der Waals surface area contributed by atoms with Crippen molar-refractivity contribution in [3.05, 3.63) is 58.7 Å². The lowest BCUT2D eigenvalue weighted by atomic mass is 9.74. The second-order valence-electron chi connectivity index (χ2n) is 13.8. The van der Waals surface area contributed by atoms with Gasteiger partial charge in [0, 0.05) is 54.4 Å². The van der Waals surface area contributed by atoms with Crippen molar-refractivity contribution in [2.75, 3.05) is 13.1 Å². The molecule has 3 unspecified atom stereocenters. The molecule has 0 aliphatic carbocycles. The first-order valence-electron chi connectivity index (χ1n) is 16.5. The average molecular weight is 706 g/mol. The van der Waals surface area contributed by atoms with Crippen molar-refractivity contribution in [3.8, 4) is 0 Å². The van der Waals surface area contributed by atoms with Crippen molar-refractivity contribution in [1.82, 2.24) is 20.9 Å². The summed E-state index contributed by atoms with van der Waals surface area (Å²) in [6, 6.07) is 6.75. The molecule has 1 saturated heterocycles. The molecule has 2 aromatic carbocycles. The first-order chi connectivity index (χ1) is 23.9. The third-order valence-corrected chi connectivity index (χ3v) is 9.46. The van der Waals surface area contributed by atoms with Crippen molar-refractivity contribution in [1.29, 1.82) is 0 Å². The van der Waals surface area contributed by atoms with Gasteiger partial charge in [0.1, 0.15) is 6.04 Å². The van der Waals surface area contributed by atoms with E-state index < -0.39 is 92.0 Å². The second-order valence-corrected chi connectivity index (χ2v) is 13.8. The zero-order valence-corrected chi connectivity index (χ0v) is 28.6. The van der Waals surface area contributed by atoms with Gasteiger partial charge in [-0.1, -0.05) is 24.3 Å². The molecule has 16 nitrogen and oxygen atoms in total. The first kappa shape index (κ1) is 37.5. The molecule has 270 valence electrons. The van der Waals surface area contributed by atoms with Gasteiger partial charge >= 0.3 is 26.2 Å². The number of rotatable bonds is 12. The summed E-state index contributed by atoms with van der Waals surface area (Å²) < 4.78 is 11.3. The Morgan fingerprint density at radius 3 is 1.69 bits per heavy atom. The zero-order valence-electron chi connectivity index (χ0n) is 28.6. The maximum Gasteiger partial charge on any atom is 0.492 e. The van der Waals surface area contributed by atoms with Gasteiger partial charge < -0.3 is 50.4 Å². The standard InChI is InChI=1S/C33H40B2N4O12/c1-32(2)19-9-5-7-17(27(19)34(48)50-32)29(44)37-22-15-39(25(41)13-12-24(40)36-21(31(46)47)11-14-26(42)43)16-23(22)38-30(45)18-8-6-10-20-28(18)35(49)51-33(20,3)4/h5-10,21-23,48-49H,11-16H2,1-4H3,(H,36,40)(H,37,44)(H,38,45)(H,42,43)(H,46,47). The van der Waals surface area contributed by atoms with Gasteiger partial charge in [0.05, 0.1) is 23.3 Å². The monoisotopic (exact) mass is 706 g/mol. The quantitative estimate of drug-likeness (QED) is 0.126. The fourth-order valence-corrected chi connectivity index (χ4v) is 6.87. The SMILES string of the molecule is CC1(C)OB(O)c2c(C(=O)NC3CN(C(=O)CCC(=O)NC(CCC(=O)O)C(=O)O)CC3NC(=O)c3cccc4c3B(O)OC4(C)C)cccc21. The molecule has 18 heteroatoms. The molecule has 51 heavy (non-hydrogen) atoms. The van der Waals surface area contributed by atoms with E-state index in [4.69, 9.17) is 14.4 Å². The second kappa shape index (κ2) is 14.5. The zero-order chi connectivity index (χ0) is 37.4. The van der Waals surface area contributed by atoms with E-state index in [0.717, 1.165) is 0 Å². The van der Waals surface area contributed by atoms with E-state index in [2.05, 4.69) is 16.0 Å². The van der Waals surface area contributed by atoms with Gasteiger partial charge in [-0.25, -0.2) is 4.79 Å². The van der Waals surface area contributed by atoms with Crippen LogP contribution in [0.3, 0.4) is 0 Å². The van der Waals surface area contributed by atoms with Crippen LogP contribution in [-0.4, -0.2) is 106 Å². The van der Waals surface area contributed by atoms with E-state index in [-0.39, 0.29) is 37.1 Å². The molecule has 3 atom stereocenters. The normalized spacial score (nSPS) is 20.3. The van der Waals surface area contributed by atoms with E-state index in [1.165, 1.54) is 17.0 Å². The van der Waals surface area contributed by atoms with Gasteiger partial charge in [-0.15, -0.1) is 0 Å². The van der Waals surface area contributed by atoms with Crippen LogP contribution < -0.4 is 26.9 Å². The fourth-order valence-electron chi connectivity index (χ4n) is 6.87. The average Bonchev–Trinajstić information content (AvgIpc) is 3.64. The van der Waals surface area contributed by atoms with Crippen LogP contribution >= 0.6 is 0 Å². The highest BCUT2D eigenvalue weighted by molar-refractivity contribution is 6.64. The Labute approximate surface area is 294 Å². The number of carbonyl (C=O) groups excluding carboxylic acids is 4. The highest BCUT2D eigenvalue weighted by Crippen LogP contribution is 2.32. The van der Waals surface area contributed by atoms with Crippen LogP contribution in [-0.2, 0) is 39.7 Å². The minimum absolute atomic E-state index is 0.0707. The topological polar surface area (TPSA) is 241 Å². The molecular weight excluding hydrogens is 666 g/mol. The first-order valence-corrected chi connectivity index (χ1v) is 16.5. The minimum atomic E-state index is -1.45. The van der Waals surface area contributed by atoms with Gasteiger partial charge in [0.15, 0.2) is 0 Å². The maximum absolute atomic E-state index is 13.7. The Balaban J connectivity index is 1.34. The summed E-state index contributed by atoms with van der Waals surface area (Å²) in [5.74, 6) is -5.09. The Morgan fingerprint density at radius 1 is 0.784 bits per heavy atom. The van der Waals surface area contributed by atoms with Gasteiger partial charge in [0.2, 0.25) is 11.8 Å². The molecule has 5 rings (SSSR count). The lowest BCUT2D eigenvalue weighted by Gasteiger charge is -2.23. The number of benzene rings is 2. The lowest BCUT2D eigenvalue weighted by Crippen LogP contribution is -2.52. The summed E-state index contributed by atoms with van der Waals surface area (Å²) in [7, 11) is -2.72. The molecular formula is C33H40B2N4O12. The fraction of sp³-hybridized carbons (Fsp3) is 0.455. The maximum atomic E-state index is 13.7. The van der Waals surface area contributed by atoms with E-state index in [1.54, 1.807) is 52.0 Å².